The van der Waals surface area contributed by atoms with Crippen molar-refractivity contribution >= 4 is 11.5 Å². The van der Waals surface area contributed by atoms with E-state index in [1.54, 1.807) is 6.33 Å². The second kappa shape index (κ2) is 4.24. The minimum Gasteiger partial charge on any atom is -0.369 e. The summed E-state index contributed by atoms with van der Waals surface area (Å²) in [6.07, 6.45) is 5.26. The van der Waals surface area contributed by atoms with Crippen molar-refractivity contribution in [1.82, 2.24) is 14.6 Å². The van der Waals surface area contributed by atoms with Crippen molar-refractivity contribution in [2.45, 2.75) is 26.2 Å². The number of nitrogens with one attached hydrogen (secondary N) is 1. The van der Waals surface area contributed by atoms with E-state index in [4.69, 9.17) is 5.73 Å². The van der Waals surface area contributed by atoms with Crippen LogP contribution in [-0.2, 0) is 0 Å². The third-order valence-corrected chi connectivity index (χ3v) is 3.80. The lowest BCUT2D eigenvalue weighted by molar-refractivity contribution is 0.500. The number of nitrogens with zero attached hydrogens (tertiary/aromatic N) is 3. The highest BCUT2D eigenvalue weighted by molar-refractivity contribution is 5.51. The third-order valence-electron chi connectivity index (χ3n) is 3.80. The summed E-state index contributed by atoms with van der Waals surface area (Å²) < 4.78 is 1.85. The Balaban J connectivity index is 1.80. The lowest BCUT2D eigenvalue weighted by Crippen LogP contribution is -2.20. The van der Waals surface area contributed by atoms with Crippen LogP contribution in [0.15, 0.2) is 18.5 Å². The van der Waals surface area contributed by atoms with Crippen LogP contribution >= 0.6 is 0 Å². The lowest BCUT2D eigenvalue weighted by Gasteiger charge is -2.16. The van der Waals surface area contributed by atoms with Crippen LogP contribution in [0.2, 0.25) is 0 Å². The standard InChI is InChI=1S/C13H19N5/c1-10-6-11(18-12(7-10)16-9-17-18)15-8-13(2-3-13)4-5-14/h6-7,9,15H,2-5,8,14H2,1H3. The first kappa shape index (κ1) is 11.5. The summed E-state index contributed by atoms with van der Waals surface area (Å²) in [7, 11) is 0. The molecule has 3 N–H and O–H groups in total. The van der Waals surface area contributed by atoms with E-state index in [2.05, 4.69) is 28.4 Å². The highest BCUT2D eigenvalue weighted by atomic mass is 15.3. The minimum absolute atomic E-state index is 0.422. The molecule has 2 aromatic heterocycles. The quantitative estimate of drug-likeness (QED) is 0.839. The zero-order valence-corrected chi connectivity index (χ0v) is 10.7. The summed E-state index contributed by atoms with van der Waals surface area (Å²) in [6, 6.07) is 4.14. The first-order valence-corrected chi connectivity index (χ1v) is 6.47. The number of aryl methyl sites for hydroxylation is 1. The number of aromatic nitrogens is 3. The van der Waals surface area contributed by atoms with Gasteiger partial charge in [-0.1, -0.05) is 0 Å². The predicted molar refractivity (Wildman–Crippen MR) is 71.6 cm³/mol. The van der Waals surface area contributed by atoms with Gasteiger partial charge in [-0.3, -0.25) is 0 Å². The van der Waals surface area contributed by atoms with Gasteiger partial charge in [-0.15, -0.1) is 0 Å². The summed E-state index contributed by atoms with van der Waals surface area (Å²) >= 11 is 0. The number of nitrogens with two attached hydrogens (primary N) is 1. The Morgan fingerprint density at radius 1 is 1.44 bits per heavy atom. The Bertz CT molecular complexity index is 556. The molecule has 3 rings (SSSR count). The van der Waals surface area contributed by atoms with Crippen LogP contribution in [0.5, 0.6) is 0 Å². The van der Waals surface area contributed by atoms with Gasteiger partial charge in [0.05, 0.1) is 0 Å². The van der Waals surface area contributed by atoms with Crippen molar-refractivity contribution in [3.05, 3.63) is 24.0 Å². The fourth-order valence-electron chi connectivity index (χ4n) is 2.46. The van der Waals surface area contributed by atoms with E-state index in [0.29, 0.717) is 5.41 Å². The fourth-order valence-corrected chi connectivity index (χ4v) is 2.46. The van der Waals surface area contributed by atoms with Gasteiger partial charge in [-0.2, -0.15) is 9.61 Å². The summed E-state index contributed by atoms with van der Waals surface area (Å²) in [6.45, 7) is 3.82. The fraction of sp³-hybridized carbons (Fsp3) is 0.538. The van der Waals surface area contributed by atoms with Crippen LogP contribution in [0.3, 0.4) is 0 Å². The highest BCUT2D eigenvalue weighted by Gasteiger charge is 2.41. The van der Waals surface area contributed by atoms with Crippen molar-refractivity contribution < 1.29 is 0 Å². The van der Waals surface area contributed by atoms with Crippen LogP contribution in [0.4, 0.5) is 5.82 Å². The molecule has 0 aromatic carbocycles. The van der Waals surface area contributed by atoms with E-state index in [9.17, 15) is 0 Å². The van der Waals surface area contributed by atoms with E-state index in [-0.39, 0.29) is 0 Å². The van der Waals surface area contributed by atoms with Crippen molar-refractivity contribution in [2.24, 2.45) is 11.1 Å². The summed E-state index contributed by atoms with van der Waals surface area (Å²) in [4.78, 5) is 4.23. The SMILES string of the molecule is Cc1cc(NCC2(CCN)CC2)n2ncnc2c1. The van der Waals surface area contributed by atoms with Crippen LogP contribution in [-0.4, -0.2) is 27.7 Å². The Morgan fingerprint density at radius 2 is 2.28 bits per heavy atom. The molecule has 18 heavy (non-hydrogen) atoms. The van der Waals surface area contributed by atoms with Crippen molar-refractivity contribution in [2.75, 3.05) is 18.4 Å². The molecule has 5 nitrogen and oxygen atoms in total. The van der Waals surface area contributed by atoms with E-state index >= 15 is 0 Å². The normalized spacial score (nSPS) is 17.0. The average molecular weight is 245 g/mol. The molecule has 0 saturated heterocycles. The molecule has 0 atom stereocenters. The number of hydrogen-bond donors (Lipinski definition) is 2. The van der Waals surface area contributed by atoms with Gasteiger partial charge in [-0.05, 0) is 55.8 Å². The van der Waals surface area contributed by atoms with Gasteiger partial charge in [0, 0.05) is 6.54 Å². The van der Waals surface area contributed by atoms with Crippen LogP contribution in [0, 0.1) is 12.3 Å². The zero-order chi connectivity index (χ0) is 12.6. The monoisotopic (exact) mass is 245 g/mol. The van der Waals surface area contributed by atoms with E-state index < -0.39 is 0 Å². The van der Waals surface area contributed by atoms with Crippen molar-refractivity contribution in [1.29, 1.82) is 0 Å². The van der Waals surface area contributed by atoms with Crippen molar-refractivity contribution in [3.8, 4) is 0 Å². The molecule has 2 aromatic rings. The number of pyridine rings is 1. The molecule has 0 radical (unpaired) electrons. The second-order valence-corrected chi connectivity index (χ2v) is 5.34. The molecular weight excluding hydrogens is 226 g/mol. The maximum atomic E-state index is 5.67. The van der Waals surface area contributed by atoms with E-state index in [1.807, 2.05) is 10.6 Å². The predicted octanol–water partition coefficient (Wildman–Crippen LogP) is 1.58. The Morgan fingerprint density at radius 3 is 3.00 bits per heavy atom. The zero-order valence-electron chi connectivity index (χ0n) is 10.7. The first-order valence-electron chi connectivity index (χ1n) is 6.47. The minimum atomic E-state index is 0.422. The van der Waals surface area contributed by atoms with Gasteiger partial charge in [0.2, 0.25) is 0 Å². The lowest BCUT2D eigenvalue weighted by atomic mass is 10.0. The molecule has 0 bridgehead atoms. The highest BCUT2D eigenvalue weighted by Crippen LogP contribution is 2.48. The Kier molecular flexibility index (Phi) is 2.70. The van der Waals surface area contributed by atoms with Crippen LogP contribution < -0.4 is 11.1 Å². The molecule has 0 spiro atoms. The van der Waals surface area contributed by atoms with Gasteiger partial charge < -0.3 is 11.1 Å². The maximum Gasteiger partial charge on any atom is 0.157 e. The van der Waals surface area contributed by atoms with Crippen LogP contribution in [0.25, 0.3) is 5.65 Å². The summed E-state index contributed by atoms with van der Waals surface area (Å²) in [5.74, 6) is 1.02. The van der Waals surface area contributed by atoms with E-state index in [0.717, 1.165) is 31.0 Å². The summed E-state index contributed by atoms with van der Waals surface area (Å²) in [5.41, 5.74) is 8.17. The van der Waals surface area contributed by atoms with Crippen LogP contribution in [0.1, 0.15) is 24.8 Å². The molecule has 1 saturated carbocycles. The molecule has 0 unspecified atom stereocenters. The van der Waals surface area contributed by atoms with Gasteiger partial charge in [0.1, 0.15) is 12.1 Å². The van der Waals surface area contributed by atoms with Gasteiger partial charge in [0.25, 0.3) is 0 Å². The molecular formula is C13H19N5. The molecule has 1 fully saturated rings. The van der Waals surface area contributed by atoms with Gasteiger partial charge >= 0.3 is 0 Å². The van der Waals surface area contributed by atoms with Crippen molar-refractivity contribution in [3.63, 3.8) is 0 Å². The topological polar surface area (TPSA) is 68.2 Å². The molecule has 1 aliphatic rings. The molecule has 0 aliphatic heterocycles. The molecule has 1 aliphatic carbocycles. The Labute approximate surface area is 106 Å². The molecule has 96 valence electrons. The van der Waals surface area contributed by atoms with Gasteiger partial charge in [0.15, 0.2) is 5.65 Å². The number of hydrogen-bond acceptors (Lipinski definition) is 4. The average Bonchev–Trinajstić information content (AvgIpc) is 2.94. The molecule has 5 heteroatoms. The summed E-state index contributed by atoms with van der Waals surface area (Å²) in [5, 5.41) is 7.75. The van der Waals surface area contributed by atoms with E-state index in [1.165, 1.54) is 18.4 Å². The second-order valence-electron chi connectivity index (χ2n) is 5.34. The maximum absolute atomic E-state index is 5.67. The number of rotatable bonds is 5. The first-order chi connectivity index (χ1) is 8.72. The third kappa shape index (κ3) is 2.06. The number of anilines is 1. The smallest absolute Gasteiger partial charge is 0.157 e. The largest absolute Gasteiger partial charge is 0.369 e. The Hall–Kier alpha value is -1.62. The number of fused-ring (bicyclic) bond motifs is 1. The molecule has 2 heterocycles. The molecule has 0 amide bonds. The van der Waals surface area contributed by atoms with Gasteiger partial charge in [-0.25, -0.2) is 4.98 Å².